The van der Waals surface area contributed by atoms with E-state index in [9.17, 15) is 8.42 Å². The molecule has 0 aliphatic rings. The van der Waals surface area contributed by atoms with E-state index in [2.05, 4.69) is 36.7 Å². The highest BCUT2D eigenvalue weighted by molar-refractivity contribution is 9.10. The van der Waals surface area contributed by atoms with Gasteiger partial charge in [0.25, 0.3) is 0 Å². The van der Waals surface area contributed by atoms with Gasteiger partial charge >= 0.3 is 0 Å². The maximum atomic E-state index is 13.2. The van der Waals surface area contributed by atoms with E-state index >= 15 is 0 Å². The summed E-state index contributed by atoms with van der Waals surface area (Å²) < 4.78 is 27.4. The van der Waals surface area contributed by atoms with Crippen LogP contribution in [-0.2, 0) is 22.7 Å². The second-order valence-electron chi connectivity index (χ2n) is 6.66. The predicted octanol–water partition coefficient (Wildman–Crippen LogP) is 6.48. The van der Waals surface area contributed by atoms with Crippen molar-refractivity contribution in [1.29, 1.82) is 0 Å². The van der Waals surface area contributed by atoms with E-state index in [4.69, 9.17) is 11.6 Å². The lowest BCUT2D eigenvalue weighted by molar-refractivity contribution is 0.588. The molecule has 0 aliphatic carbocycles. The van der Waals surface area contributed by atoms with Gasteiger partial charge in [-0.2, -0.15) is 0 Å². The van der Waals surface area contributed by atoms with Crippen molar-refractivity contribution in [3.8, 4) is 0 Å². The summed E-state index contributed by atoms with van der Waals surface area (Å²) in [6.07, 6.45) is 3.72. The molecule has 0 unspecified atom stereocenters. The highest BCUT2D eigenvalue weighted by atomic mass is 79.9. The molecule has 0 amide bonds. The molecular formula is C20H24BrClO2S. The van der Waals surface area contributed by atoms with Crippen LogP contribution in [0.15, 0.2) is 50.7 Å². The molecule has 0 aliphatic heterocycles. The number of hydrogen-bond donors (Lipinski definition) is 0. The van der Waals surface area contributed by atoms with Gasteiger partial charge in [0, 0.05) is 9.50 Å². The van der Waals surface area contributed by atoms with Gasteiger partial charge in [-0.15, -0.1) is 0 Å². The van der Waals surface area contributed by atoms with Crippen molar-refractivity contribution in [2.24, 2.45) is 5.92 Å². The van der Waals surface area contributed by atoms with Crippen LogP contribution in [-0.4, -0.2) is 8.42 Å². The Labute approximate surface area is 164 Å². The van der Waals surface area contributed by atoms with Crippen LogP contribution >= 0.6 is 27.5 Å². The second-order valence-corrected chi connectivity index (χ2v) is 9.87. The lowest BCUT2D eigenvalue weighted by Crippen LogP contribution is -2.11. The van der Waals surface area contributed by atoms with Crippen LogP contribution in [0.2, 0.25) is 5.02 Å². The number of halogens is 2. The highest BCUT2D eigenvalue weighted by Gasteiger charge is 2.24. The largest absolute Gasteiger partial charge is 0.219 e. The third-order valence-electron chi connectivity index (χ3n) is 4.14. The standard InChI is InChI=1S/C20H24BrClO2S/c1-4-5-6-17-18(13-14(2)3)20(12-11-19(17)21)25(23,24)16-9-7-15(22)8-10-16/h7-12,14H,4-6,13H2,1-3H3. The van der Waals surface area contributed by atoms with Crippen molar-refractivity contribution in [2.75, 3.05) is 0 Å². The molecule has 2 aromatic rings. The summed E-state index contributed by atoms with van der Waals surface area (Å²) in [4.78, 5) is 0.698. The topological polar surface area (TPSA) is 34.1 Å². The molecule has 0 saturated heterocycles. The third-order valence-corrected chi connectivity index (χ3v) is 6.99. The fraction of sp³-hybridized carbons (Fsp3) is 0.400. The predicted molar refractivity (Wildman–Crippen MR) is 108 cm³/mol. The van der Waals surface area contributed by atoms with E-state index in [1.54, 1.807) is 30.3 Å². The highest BCUT2D eigenvalue weighted by Crippen LogP contribution is 2.33. The zero-order chi connectivity index (χ0) is 18.6. The van der Waals surface area contributed by atoms with Crippen molar-refractivity contribution >= 4 is 37.4 Å². The van der Waals surface area contributed by atoms with Gasteiger partial charge in [-0.3, -0.25) is 0 Å². The zero-order valence-electron chi connectivity index (χ0n) is 14.9. The maximum absolute atomic E-state index is 13.2. The van der Waals surface area contributed by atoms with Gasteiger partial charge in [0.2, 0.25) is 9.84 Å². The molecule has 0 aromatic heterocycles. The minimum atomic E-state index is -3.58. The van der Waals surface area contributed by atoms with E-state index in [1.807, 2.05) is 6.07 Å². The summed E-state index contributed by atoms with van der Waals surface area (Å²) in [6, 6.07) is 9.97. The normalized spacial score (nSPS) is 11.9. The summed E-state index contributed by atoms with van der Waals surface area (Å²) in [5.74, 6) is 0.369. The van der Waals surface area contributed by atoms with Crippen molar-refractivity contribution in [1.82, 2.24) is 0 Å². The van der Waals surface area contributed by atoms with Crippen LogP contribution in [0.1, 0.15) is 44.7 Å². The molecular weight excluding hydrogens is 420 g/mol. The zero-order valence-corrected chi connectivity index (χ0v) is 18.0. The van der Waals surface area contributed by atoms with Gasteiger partial charge in [-0.1, -0.05) is 54.7 Å². The molecule has 136 valence electrons. The van der Waals surface area contributed by atoms with Crippen molar-refractivity contribution < 1.29 is 8.42 Å². The fourth-order valence-electron chi connectivity index (χ4n) is 2.89. The average Bonchev–Trinajstić information content (AvgIpc) is 2.54. The summed E-state index contributed by atoms with van der Waals surface area (Å²) in [5, 5.41) is 0.529. The van der Waals surface area contributed by atoms with Gasteiger partial charge in [0.1, 0.15) is 0 Å². The molecule has 0 fully saturated rings. The Morgan fingerprint density at radius 1 is 1.04 bits per heavy atom. The van der Waals surface area contributed by atoms with Crippen LogP contribution in [0.3, 0.4) is 0 Å². The molecule has 2 nitrogen and oxygen atoms in total. The molecule has 0 saturated carbocycles. The van der Waals surface area contributed by atoms with Crippen LogP contribution in [0, 0.1) is 5.92 Å². The minimum absolute atomic E-state index is 0.283. The number of sulfone groups is 1. The molecule has 2 rings (SSSR count). The van der Waals surface area contributed by atoms with E-state index in [-0.39, 0.29) is 4.90 Å². The van der Waals surface area contributed by atoms with Crippen molar-refractivity contribution in [2.45, 2.75) is 56.2 Å². The first-order valence-electron chi connectivity index (χ1n) is 8.58. The Morgan fingerprint density at radius 2 is 1.68 bits per heavy atom. The van der Waals surface area contributed by atoms with E-state index in [0.29, 0.717) is 15.8 Å². The van der Waals surface area contributed by atoms with Crippen LogP contribution < -0.4 is 0 Å². The monoisotopic (exact) mass is 442 g/mol. The van der Waals surface area contributed by atoms with Crippen molar-refractivity contribution in [3.05, 3.63) is 57.0 Å². The lowest BCUT2D eigenvalue weighted by atomic mass is 9.95. The van der Waals surface area contributed by atoms with Crippen LogP contribution in [0.25, 0.3) is 0 Å². The first-order valence-corrected chi connectivity index (χ1v) is 11.2. The van der Waals surface area contributed by atoms with Gasteiger partial charge < -0.3 is 0 Å². The summed E-state index contributed by atoms with van der Waals surface area (Å²) in [6.45, 7) is 6.37. The first kappa shape index (κ1) is 20.5. The van der Waals surface area contributed by atoms with Crippen molar-refractivity contribution in [3.63, 3.8) is 0 Å². The molecule has 5 heteroatoms. The molecule has 0 bridgehead atoms. The number of unbranched alkanes of at least 4 members (excludes halogenated alkanes) is 1. The quantitative estimate of drug-likeness (QED) is 0.491. The smallest absolute Gasteiger partial charge is 0.206 e. The molecule has 0 heterocycles. The van der Waals surface area contributed by atoms with Gasteiger partial charge in [-0.25, -0.2) is 8.42 Å². The molecule has 0 radical (unpaired) electrons. The molecule has 0 spiro atoms. The minimum Gasteiger partial charge on any atom is -0.219 e. The summed E-state index contributed by atoms with van der Waals surface area (Å²) in [7, 11) is -3.58. The van der Waals surface area contributed by atoms with E-state index in [1.165, 1.54) is 0 Å². The van der Waals surface area contributed by atoms with Crippen LogP contribution in [0.5, 0.6) is 0 Å². The van der Waals surface area contributed by atoms with E-state index < -0.39 is 9.84 Å². The molecule has 2 aromatic carbocycles. The number of benzene rings is 2. The summed E-state index contributed by atoms with van der Waals surface area (Å²) in [5.41, 5.74) is 2.05. The maximum Gasteiger partial charge on any atom is 0.206 e. The first-order chi connectivity index (χ1) is 11.8. The Hall–Kier alpha value is -0.840. The SMILES string of the molecule is CCCCc1c(Br)ccc(S(=O)(=O)c2ccc(Cl)cc2)c1CC(C)C. The average molecular weight is 444 g/mol. The second kappa shape index (κ2) is 8.70. The lowest BCUT2D eigenvalue weighted by Gasteiger charge is -2.18. The Bertz CT molecular complexity index is 828. The van der Waals surface area contributed by atoms with E-state index in [0.717, 1.165) is 41.3 Å². The van der Waals surface area contributed by atoms with Gasteiger partial charge in [0.05, 0.1) is 9.79 Å². The Balaban J connectivity index is 2.64. The molecule has 0 N–H and O–H groups in total. The Kier molecular flexibility index (Phi) is 7.12. The van der Waals surface area contributed by atoms with Crippen LogP contribution in [0.4, 0.5) is 0 Å². The number of hydrogen-bond acceptors (Lipinski definition) is 2. The Morgan fingerprint density at radius 3 is 2.24 bits per heavy atom. The fourth-order valence-corrected chi connectivity index (χ4v) is 5.11. The molecule has 0 atom stereocenters. The third kappa shape index (κ3) is 4.87. The molecule has 25 heavy (non-hydrogen) atoms. The number of rotatable bonds is 7. The summed E-state index contributed by atoms with van der Waals surface area (Å²) >= 11 is 9.53. The van der Waals surface area contributed by atoms with Gasteiger partial charge in [-0.05, 0) is 72.7 Å². The van der Waals surface area contributed by atoms with Gasteiger partial charge in [0.15, 0.2) is 0 Å².